The maximum atomic E-state index is 12.9. The lowest BCUT2D eigenvalue weighted by Gasteiger charge is -2.28. The van der Waals surface area contributed by atoms with Gasteiger partial charge >= 0.3 is 0 Å². The molecule has 1 amide bonds. The van der Waals surface area contributed by atoms with Gasteiger partial charge in [-0.05, 0) is 56.5 Å². The highest BCUT2D eigenvalue weighted by molar-refractivity contribution is 7.83. The molecule has 1 aromatic carbocycles. The van der Waals surface area contributed by atoms with Gasteiger partial charge in [-0.3, -0.25) is 9.00 Å². The molecule has 2 aliphatic heterocycles. The van der Waals surface area contributed by atoms with Crippen molar-refractivity contribution in [3.63, 3.8) is 0 Å². The molecule has 0 radical (unpaired) electrons. The van der Waals surface area contributed by atoms with Crippen LogP contribution in [0.2, 0.25) is 0 Å². The molecule has 2 heterocycles. The molecule has 126 valence electrons. The molecule has 0 N–H and O–H groups in total. The number of carbonyl (C=O) groups excluding carboxylic acids is 1. The van der Waals surface area contributed by atoms with Crippen LogP contribution in [0.5, 0.6) is 0 Å². The van der Waals surface area contributed by atoms with Gasteiger partial charge in [-0.2, -0.15) is 0 Å². The molecule has 23 heavy (non-hydrogen) atoms. The first-order valence-corrected chi connectivity index (χ1v) is 10.3. The average molecular weight is 334 g/mol. The van der Waals surface area contributed by atoms with Gasteiger partial charge in [0.2, 0.25) is 0 Å². The molecule has 0 aromatic heterocycles. The van der Waals surface area contributed by atoms with Crippen molar-refractivity contribution in [2.45, 2.75) is 37.5 Å². The van der Waals surface area contributed by atoms with Gasteiger partial charge < -0.3 is 9.80 Å². The normalized spacial score (nSPS) is 23.3. The van der Waals surface area contributed by atoms with E-state index in [0.717, 1.165) is 37.1 Å². The summed E-state index contributed by atoms with van der Waals surface area (Å²) in [6.45, 7) is 4.23. The molecule has 2 aliphatic rings. The van der Waals surface area contributed by atoms with Crippen molar-refractivity contribution in [2.24, 2.45) is 0 Å². The molecule has 2 saturated heterocycles. The van der Waals surface area contributed by atoms with E-state index in [1.165, 1.54) is 25.9 Å². The molecule has 1 aromatic rings. The molecule has 4 nitrogen and oxygen atoms in total. The Hall–Kier alpha value is -1.20. The van der Waals surface area contributed by atoms with Crippen molar-refractivity contribution in [3.8, 4) is 0 Å². The topological polar surface area (TPSA) is 40.6 Å². The Bertz CT molecular complexity index is 584. The SMILES string of the molecule is C[S@](=O)Cc1cccc(C(=O)N2CCC[C@@H]2CN2CCCC2)c1. The lowest BCUT2D eigenvalue weighted by atomic mass is 10.1. The van der Waals surface area contributed by atoms with Crippen LogP contribution in [0, 0.1) is 0 Å². The molecular weight excluding hydrogens is 308 g/mol. The van der Waals surface area contributed by atoms with Gasteiger partial charge in [0.05, 0.1) is 0 Å². The second-order valence-corrected chi connectivity index (χ2v) is 8.16. The maximum absolute atomic E-state index is 12.9. The van der Waals surface area contributed by atoms with Gasteiger partial charge in [0.25, 0.3) is 5.91 Å². The van der Waals surface area contributed by atoms with Gasteiger partial charge in [-0.25, -0.2) is 0 Å². The third-order valence-corrected chi connectivity index (χ3v) is 5.59. The van der Waals surface area contributed by atoms with Gasteiger partial charge in [0.1, 0.15) is 0 Å². The van der Waals surface area contributed by atoms with Crippen molar-refractivity contribution in [1.82, 2.24) is 9.80 Å². The lowest BCUT2D eigenvalue weighted by Crippen LogP contribution is -2.42. The summed E-state index contributed by atoms with van der Waals surface area (Å²) in [5, 5.41) is 0. The zero-order chi connectivity index (χ0) is 16.2. The first kappa shape index (κ1) is 16.7. The van der Waals surface area contributed by atoms with Gasteiger partial charge in [0.15, 0.2) is 0 Å². The highest BCUT2D eigenvalue weighted by atomic mass is 32.2. The smallest absolute Gasteiger partial charge is 0.254 e. The zero-order valence-electron chi connectivity index (χ0n) is 13.9. The fraction of sp³-hybridized carbons (Fsp3) is 0.611. The highest BCUT2D eigenvalue weighted by Gasteiger charge is 2.31. The van der Waals surface area contributed by atoms with Crippen molar-refractivity contribution < 1.29 is 9.00 Å². The Morgan fingerprint density at radius 1 is 1.22 bits per heavy atom. The average Bonchev–Trinajstić information content (AvgIpc) is 3.18. The van der Waals surface area contributed by atoms with E-state index in [9.17, 15) is 9.00 Å². The largest absolute Gasteiger partial charge is 0.334 e. The first-order chi connectivity index (χ1) is 11.1. The van der Waals surface area contributed by atoms with Crippen LogP contribution in [0.1, 0.15) is 41.6 Å². The van der Waals surface area contributed by atoms with E-state index in [1.807, 2.05) is 24.3 Å². The number of likely N-dealkylation sites (tertiary alicyclic amines) is 2. The molecule has 0 bridgehead atoms. The van der Waals surface area contributed by atoms with E-state index in [4.69, 9.17) is 0 Å². The fourth-order valence-corrected chi connectivity index (χ4v) is 4.40. The predicted octanol–water partition coefficient (Wildman–Crippen LogP) is 2.27. The minimum absolute atomic E-state index is 0.135. The summed E-state index contributed by atoms with van der Waals surface area (Å²) in [5.74, 6) is 0.647. The second-order valence-electron chi connectivity index (χ2n) is 6.72. The van der Waals surface area contributed by atoms with E-state index in [1.54, 1.807) is 6.26 Å². The quantitative estimate of drug-likeness (QED) is 0.829. The van der Waals surface area contributed by atoms with Crippen LogP contribution in [0.25, 0.3) is 0 Å². The summed E-state index contributed by atoms with van der Waals surface area (Å²) in [5.41, 5.74) is 1.72. The van der Waals surface area contributed by atoms with Crippen LogP contribution in [0.3, 0.4) is 0 Å². The number of carbonyl (C=O) groups is 1. The van der Waals surface area contributed by atoms with E-state index in [-0.39, 0.29) is 5.91 Å². The monoisotopic (exact) mass is 334 g/mol. The molecule has 2 fully saturated rings. The van der Waals surface area contributed by atoms with Crippen LogP contribution in [0.4, 0.5) is 0 Å². The summed E-state index contributed by atoms with van der Waals surface area (Å²) < 4.78 is 11.4. The van der Waals surface area contributed by atoms with Crippen molar-refractivity contribution in [3.05, 3.63) is 35.4 Å². The van der Waals surface area contributed by atoms with Crippen LogP contribution in [-0.4, -0.2) is 58.4 Å². The number of benzene rings is 1. The molecule has 0 saturated carbocycles. The number of amides is 1. The van der Waals surface area contributed by atoms with E-state index in [0.29, 0.717) is 11.8 Å². The molecule has 0 spiro atoms. The Balaban J connectivity index is 1.69. The maximum Gasteiger partial charge on any atom is 0.254 e. The summed E-state index contributed by atoms with van der Waals surface area (Å²) in [6.07, 6.45) is 6.48. The Kier molecular flexibility index (Phi) is 5.49. The van der Waals surface area contributed by atoms with E-state index < -0.39 is 10.8 Å². The zero-order valence-corrected chi connectivity index (χ0v) is 14.7. The van der Waals surface area contributed by atoms with Crippen LogP contribution >= 0.6 is 0 Å². The summed E-state index contributed by atoms with van der Waals surface area (Å²) >= 11 is 0. The van der Waals surface area contributed by atoms with E-state index >= 15 is 0 Å². The fourth-order valence-electron chi connectivity index (χ4n) is 3.75. The van der Waals surface area contributed by atoms with Crippen molar-refractivity contribution in [2.75, 3.05) is 32.4 Å². The van der Waals surface area contributed by atoms with Gasteiger partial charge in [0, 0.05) is 47.5 Å². The van der Waals surface area contributed by atoms with E-state index in [2.05, 4.69) is 9.80 Å². The number of hydrogen-bond donors (Lipinski definition) is 0. The van der Waals surface area contributed by atoms with Crippen LogP contribution in [0.15, 0.2) is 24.3 Å². The third kappa shape index (κ3) is 4.21. The second kappa shape index (κ2) is 7.58. The minimum atomic E-state index is -0.882. The number of hydrogen-bond acceptors (Lipinski definition) is 3. The lowest BCUT2D eigenvalue weighted by molar-refractivity contribution is 0.0708. The Labute approximate surface area is 141 Å². The van der Waals surface area contributed by atoms with Gasteiger partial charge in [-0.15, -0.1) is 0 Å². The third-order valence-electron chi connectivity index (χ3n) is 4.85. The standard InChI is InChI=1S/C18H26N2O2S/c1-23(22)14-15-6-4-7-16(12-15)18(21)20-11-5-8-17(20)13-19-9-2-3-10-19/h4,6-7,12,17H,2-3,5,8-11,13-14H2,1H3/t17-,23+/m1/s1. The first-order valence-electron chi connectivity index (χ1n) is 8.56. The Morgan fingerprint density at radius 3 is 2.74 bits per heavy atom. The number of rotatable bonds is 5. The van der Waals surface area contributed by atoms with Crippen molar-refractivity contribution >= 4 is 16.7 Å². The summed E-state index contributed by atoms with van der Waals surface area (Å²) in [6, 6.07) is 8.00. The summed E-state index contributed by atoms with van der Waals surface area (Å²) in [4.78, 5) is 17.4. The molecule has 5 heteroatoms. The van der Waals surface area contributed by atoms with Gasteiger partial charge in [-0.1, -0.05) is 12.1 Å². The molecule has 0 unspecified atom stereocenters. The predicted molar refractivity (Wildman–Crippen MR) is 93.9 cm³/mol. The number of nitrogens with zero attached hydrogens (tertiary/aromatic N) is 2. The molecule has 0 aliphatic carbocycles. The molecule has 2 atom stereocenters. The minimum Gasteiger partial charge on any atom is -0.334 e. The summed E-state index contributed by atoms with van der Waals surface area (Å²) in [7, 11) is -0.882. The van der Waals surface area contributed by atoms with Crippen molar-refractivity contribution in [1.29, 1.82) is 0 Å². The molecular formula is C18H26N2O2S. The van der Waals surface area contributed by atoms with Crippen LogP contribution < -0.4 is 0 Å². The van der Waals surface area contributed by atoms with Crippen LogP contribution in [-0.2, 0) is 16.6 Å². The molecule has 3 rings (SSSR count). The highest BCUT2D eigenvalue weighted by Crippen LogP contribution is 2.23. The Morgan fingerprint density at radius 2 is 2.00 bits per heavy atom.